The van der Waals surface area contributed by atoms with E-state index in [9.17, 15) is 4.79 Å². The van der Waals surface area contributed by atoms with Gasteiger partial charge >= 0.3 is 5.97 Å². The first-order valence-electron chi connectivity index (χ1n) is 4.39. The molecule has 2 aromatic heterocycles. The van der Waals surface area contributed by atoms with Crippen LogP contribution < -0.4 is 0 Å². The first-order valence-corrected chi connectivity index (χ1v) is 4.76. The lowest BCUT2D eigenvalue weighted by Gasteiger charge is -2.06. The number of carbonyl (C=O) groups is 1. The van der Waals surface area contributed by atoms with Crippen LogP contribution in [0.25, 0.3) is 5.65 Å². The molecule has 0 atom stereocenters. The van der Waals surface area contributed by atoms with Crippen LogP contribution in [0.3, 0.4) is 0 Å². The van der Waals surface area contributed by atoms with Gasteiger partial charge in [-0.25, -0.2) is 14.3 Å². The van der Waals surface area contributed by atoms with Gasteiger partial charge in [0, 0.05) is 19.4 Å². The maximum Gasteiger partial charge on any atom is 0.339 e. The Balaban J connectivity index is 2.72. The fourth-order valence-corrected chi connectivity index (χ4v) is 1.58. The number of aromatic carboxylic acids is 1. The van der Waals surface area contributed by atoms with Crippen molar-refractivity contribution in [3.63, 3.8) is 0 Å². The second-order valence-electron chi connectivity index (χ2n) is 3.09. The molecule has 0 saturated heterocycles. The van der Waals surface area contributed by atoms with Crippen molar-refractivity contribution in [2.45, 2.75) is 6.61 Å². The maximum absolute atomic E-state index is 11.0. The predicted octanol–water partition coefficient (Wildman–Crippen LogP) is 1.23. The first kappa shape index (κ1) is 10.8. The Bertz CT molecular complexity index is 552. The number of hydrogen-bond acceptors (Lipinski definition) is 4. The maximum atomic E-state index is 11.0. The van der Waals surface area contributed by atoms with Gasteiger partial charge in [0.15, 0.2) is 10.8 Å². The van der Waals surface area contributed by atoms with Gasteiger partial charge in [-0.2, -0.15) is 5.10 Å². The van der Waals surface area contributed by atoms with Gasteiger partial charge in [-0.05, 0) is 0 Å². The Morgan fingerprint density at radius 3 is 3.06 bits per heavy atom. The van der Waals surface area contributed by atoms with Gasteiger partial charge in [-0.1, -0.05) is 11.6 Å². The number of carboxylic acid groups (broad SMARTS) is 1. The molecule has 0 aliphatic heterocycles. The van der Waals surface area contributed by atoms with Crippen LogP contribution in [0, 0.1) is 0 Å². The topological polar surface area (TPSA) is 76.7 Å². The number of hydrogen-bond donors (Lipinski definition) is 1. The summed E-state index contributed by atoms with van der Waals surface area (Å²) in [6.45, 7) is 0.124. The third-order valence-corrected chi connectivity index (χ3v) is 2.25. The summed E-state index contributed by atoms with van der Waals surface area (Å²) in [4.78, 5) is 14.9. The highest BCUT2D eigenvalue weighted by Crippen LogP contribution is 2.15. The zero-order valence-corrected chi connectivity index (χ0v) is 9.10. The number of rotatable bonds is 3. The standard InChI is InChI=1S/C9H8ClN3O3/c1-16-4-6-5(9(14)15)3-11-8-2-7(10)12-13(6)8/h2-3H,4H2,1H3,(H,14,15). The third-order valence-electron chi connectivity index (χ3n) is 2.06. The summed E-state index contributed by atoms with van der Waals surface area (Å²) in [6.07, 6.45) is 1.27. The average Bonchev–Trinajstić information content (AvgIpc) is 2.59. The summed E-state index contributed by atoms with van der Waals surface area (Å²) in [5, 5.41) is 13.2. The molecule has 0 radical (unpaired) electrons. The first-order chi connectivity index (χ1) is 7.63. The quantitative estimate of drug-likeness (QED) is 0.875. The molecular formula is C9H8ClN3O3. The van der Waals surface area contributed by atoms with Crippen molar-refractivity contribution in [3.05, 3.63) is 28.7 Å². The van der Waals surface area contributed by atoms with Gasteiger partial charge in [0.05, 0.1) is 12.3 Å². The molecule has 0 spiro atoms. The highest BCUT2D eigenvalue weighted by molar-refractivity contribution is 6.29. The molecule has 2 heterocycles. The van der Waals surface area contributed by atoms with Crippen molar-refractivity contribution >= 4 is 23.2 Å². The molecule has 1 N–H and O–H groups in total. The SMILES string of the molecule is COCc1c(C(=O)O)cnc2cc(Cl)nn12. The minimum absolute atomic E-state index is 0.0501. The monoisotopic (exact) mass is 241 g/mol. The van der Waals surface area contributed by atoms with Gasteiger partial charge in [0.1, 0.15) is 5.56 Å². The summed E-state index contributed by atoms with van der Waals surface area (Å²) in [6, 6.07) is 1.55. The average molecular weight is 242 g/mol. The molecule has 0 bridgehead atoms. The summed E-state index contributed by atoms with van der Waals surface area (Å²) in [5.41, 5.74) is 0.947. The molecule has 2 rings (SSSR count). The molecule has 6 nitrogen and oxygen atoms in total. The molecule has 84 valence electrons. The predicted molar refractivity (Wildman–Crippen MR) is 55.7 cm³/mol. The van der Waals surface area contributed by atoms with E-state index in [0.717, 1.165) is 0 Å². The Hall–Kier alpha value is -1.66. The van der Waals surface area contributed by atoms with Gasteiger partial charge in [0.25, 0.3) is 0 Å². The van der Waals surface area contributed by atoms with Crippen LogP contribution in [0.5, 0.6) is 0 Å². The molecule has 0 amide bonds. The zero-order valence-electron chi connectivity index (χ0n) is 8.35. The van der Waals surface area contributed by atoms with Crippen LogP contribution in [-0.4, -0.2) is 32.8 Å². The van der Waals surface area contributed by atoms with Crippen LogP contribution in [0.4, 0.5) is 0 Å². The number of aromatic nitrogens is 3. The van der Waals surface area contributed by atoms with E-state index in [1.54, 1.807) is 6.07 Å². The Kier molecular flexibility index (Phi) is 2.76. The fraction of sp³-hybridized carbons (Fsp3) is 0.222. The van der Waals surface area contributed by atoms with Crippen molar-refractivity contribution in [2.75, 3.05) is 7.11 Å². The molecule has 0 aliphatic rings. The van der Waals surface area contributed by atoms with E-state index < -0.39 is 5.97 Å². The number of halogens is 1. The zero-order chi connectivity index (χ0) is 11.7. The normalized spacial score (nSPS) is 10.9. The summed E-state index contributed by atoms with van der Waals surface area (Å²) < 4.78 is 6.31. The van der Waals surface area contributed by atoms with Crippen molar-refractivity contribution < 1.29 is 14.6 Å². The van der Waals surface area contributed by atoms with E-state index >= 15 is 0 Å². The lowest BCUT2D eigenvalue weighted by molar-refractivity contribution is 0.0689. The van der Waals surface area contributed by atoms with Crippen LogP contribution in [0.1, 0.15) is 16.1 Å². The molecule has 0 unspecified atom stereocenters. The van der Waals surface area contributed by atoms with Crippen molar-refractivity contribution in [1.29, 1.82) is 0 Å². The third kappa shape index (κ3) is 1.72. The van der Waals surface area contributed by atoms with Crippen molar-refractivity contribution in [2.24, 2.45) is 0 Å². The lowest BCUT2D eigenvalue weighted by Crippen LogP contribution is -2.11. The van der Waals surface area contributed by atoms with Crippen molar-refractivity contribution in [1.82, 2.24) is 14.6 Å². The number of ether oxygens (including phenoxy) is 1. The van der Waals surface area contributed by atoms with Gasteiger partial charge in [-0.15, -0.1) is 0 Å². The van der Waals surface area contributed by atoms with Gasteiger partial charge in [0.2, 0.25) is 0 Å². The molecule has 16 heavy (non-hydrogen) atoms. The van der Waals surface area contributed by atoms with E-state index in [4.69, 9.17) is 21.4 Å². The van der Waals surface area contributed by atoms with E-state index in [-0.39, 0.29) is 17.3 Å². The molecular weight excluding hydrogens is 234 g/mol. The van der Waals surface area contributed by atoms with Crippen LogP contribution in [-0.2, 0) is 11.3 Å². The summed E-state index contributed by atoms with van der Waals surface area (Å²) in [7, 11) is 1.48. The van der Waals surface area contributed by atoms with Crippen LogP contribution >= 0.6 is 11.6 Å². The molecule has 0 saturated carbocycles. The van der Waals surface area contributed by atoms with E-state index in [1.165, 1.54) is 17.8 Å². The molecule has 2 aromatic rings. The lowest BCUT2D eigenvalue weighted by atomic mass is 10.2. The molecule has 7 heteroatoms. The van der Waals surface area contributed by atoms with E-state index in [2.05, 4.69) is 10.1 Å². The summed E-state index contributed by atoms with van der Waals surface area (Å²) >= 11 is 5.73. The Morgan fingerprint density at radius 2 is 2.44 bits per heavy atom. The number of nitrogens with zero attached hydrogens (tertiary/aromatic N) is 3. The Labute approximate surface area is 95.4 Å². The van der Waals surface area contributed by atoms with E-state index in [0.29, 0.717) is 11.3 Å². The molecule has 0 fully saturated rings. The van der Waals surface area contributed by atoms with Gasteiger partial charge in [-0.3, -0.25) is 0 Å². The largest absolute Gasteiger partial charge is 0.478 e. The smallest absolute Gasteiger partial charge is 0.339 e. The second-order valence-corrected chi connectivity index (χ2v) is 3.48. The van der Waals surface area contributed by atoms with Crippen LogP contribution in [0.2, 0.25) is 5.15 Å². The van der Waals surface area contributed by atoms with Gasteiger partial charge < -0.3 is 9.84 Å². The van der Waals surface area contributed by atoms with E-state index in [1.807, 2.05) is 0 Å². The molecule has 0 aromatic carbocycles. The second kappa shape index (κ2) is 4.07. The van der Waals surface area contributed by atoms with Crippen LogP contribution in [0.15, 0.2) is 12.3 Å². The molecule has 0 aliphatic carbocycles. The fourth-order valence-electron chi connectivity index (χ4n) is 1.41. The van der Waals surface area contributed by atoms with Crippen molar-refractivity contribution in [3.8, 4) is 0 Å². The number of fused-ring (bicyclic) bond motifs is 1. The highest BCUT2D eigenvalue weighted by Gasteiger charge is 2.15. The highest BCUT2D eigenvalue weighted by atomic mass is 35.5. The summed E-state index contributed by atoms with van der Waals surface area (Å²) in [5.74, 6) is -1.08. The number of carboxylic acids is 1. The minimum atomic E-state index is -1.08. The Morgan fingerprint density at radius 1 is 1.69 bits per heavy atom. The minimum Gasteiger partial charge on any atom is -0.478 e. The number of methoxy groups -OCH3 is 1.